The van der Waals surface area contributed by atoms with Crippen LogP contribution in [0.25, 0.3) is 11.0 Å². The lowest BCUT2D eigenvalue weighted by atomic mass is 10.1. The summed E-state index contributed by atoms with van der Waals surface area (Å²) in [7, 11) is 2.19. The molecule has 0 N–H and O–H groups in total. The number of imidazole rings is 1. The lowest BCUT2D eigenvalue weighted by Crippen LogP contribution is -2.34. The van der Waals surface area contributed by atoms with E-state index >= 15 is 0 Å². The van der Waals surface area contributed by atoms with E-state index in [2.05, 4.69) is 41.6 Å². The van der Waals surface area contributed by atoms with E-state index in [-0.39, 0.29) is 5.38 Å². The van der Waals surface area contributed by atoms with Gasteiger partial charge in [-0.3, -0.25) is 0 Å². The molecule has 1 fully saturated rings. The van der Waals surface area contributed by atoms with Crippen LogP contribution in [0.3, 0.4) is 0 Å². The van der Waals surface area contributed by atoms with Gasteiger partial charge in [-0.05, 0) is 58.0 Å². The normalized spacial score (nSPS) is 22.3. The summed E-state index contributed by atoms with van der Waals surface area (Å²) in [5, 5.41) is -0.0602. The van der Waals surface area contributed by atoms with Crippen LogP contribution in [0.4, 0.5) is 0 Å². The van der Waals surface area contributed by atoms with E-state index in [1.165, 1.54) is 30.5 Å². The third kappa shape index (κ3) is 2.45. The van der Waals surface area contributed by atoms with Crippen molar-refractivity contribution >= 4 is 22.6 Å². The Labute approximate surface area is 125 Å². The number of rotatable bonds is 2. The molecule has 1 saturated heterocycles. The Morgan fingerprint density at radius 3 is 2.90 bits per heavy atom. The van der Waals surface area contributed by atoms with Crippen LogP contribution >= 0.6 is 11.6 Å². The number of halogens is 1. The second-order valence-electron chi connectivity index (χ2n) is 6.01. The zero-order chi connectivity index (χ0) is 14.3. The fourth-order valence-corrected chi connectivity index (χ4v) is 3.39. The van der Waals surface area contributed by atoms with Crippen LogP contribution in [0.5, 0.6) is 0 Å². The molecule has 0 aliphatic carbocycles. The SMILES string of the molecule is Cc1ccc2nc(C(C)Cl)n(C3CCCN(C)C3)c2c1. The number of fused-ring (bicyclic) bond motifs is 1. The number of likely N-dealkylation sites (N-methyl/N-ethyl adjacent to an activating group) is 1. The van der Waals surface area contributed by atoms with Crippen molar-refractivity contribution in [1.82, 2.24) is 14.5 Å². The third-order valence-electron chi connectivity index (χ3n) is 4.19. The van der Waals surface area contributed by atoms with Crippen molar-refractivity contribution in [3.63, 3.8) is 0 Å². The number of hydrogen-bond donors (Lipinski definition) is 0. The Morgan fingerprint density at radius 1 is 1.40 bits per heavy atom. The minimum atomic E-state index is -0.0602. The summed E-state index contributed by atoms with van der Waals surface area (Å²) in [4.78, 5) is 7.17. The molecule has 108 valence electrons. The summed E-state index contributed by atoms with van der Waals surface area (Å²) in [6.07, 6.45) is 2.45. The van der Waals surface area contributed by atoms with Gasteiger partial charge in [0, 0.05) is 12.6 Å². The van der Waals surface area contributed by atoms with E-state index < -0.39 is 0 Å². The number of alkyl halides is 1. The summed E-state index contributed by atoms with van der Waals surface area (Å²) in [5.41, 5.74) is 3.57. The molecular weight excluding hydrogens is 270 g/mol. The molecule has 0 spiro atoms. The molecule has 4 heteroatoms. The van der Waals surface area contributed by atoms with Crippen molar-refractivity contribution < 1.29 is 0 Å². The van der Waals surface area contributed by atoms with Crippen molar-refractivity contribution in [3.8, 4) is 0 Å². The van der Waals surface area contributed by atoms with Crippen LogP contribution < -0.4 is 0 Å². The fourth-order valence-electron chi connectivity index (χ4n) is 3.24. The van der Waals surface area contributed by atoms with Gasteiger partial charge in [0.25, 0.3) is 0 Å². The number of aromatic nitrogens is 2. The lowest BCUT2D eigenvalue weighted by molar-refractivity contribution is 0.212. The van der Waals surface area contributed by atoms with Crippen LogP contribution in [-0.2, 0) is 0 Å². The smallest absolute Gasteiger partial charge is 0.128 e. The Bertz CT molecular complexity index is 617. The number of nitrogens with zero attached hydrogens (tertiary/aromatic N) is 3. The summed E-state index contributed by atoms with van der Waals surface area (Å²) in [5.74, 6) is 1.01. The van der Waals surface area contributed by atoms with Gasteiger partial charge >= 0.3 is 0 Å². The summed E-state index contributed by atoms with van der Waals surface area (Å²) in [6.45, 7) is 6.41. The molecule has 3 rings (SSSR count). The molecule has 0 saturated carbocycles. The monoisotopic (exact) mass is 291 g/mol. The molecule has 3 nitrogen and oxygen atoms in total. The highest BCUT2D eigenvalue weighted by molar-refractivity contribution is 6.20. The molecule has 2 aromatic rings. The first-order valence-corrected chi connectivity index (χ1v) is 7.81. The minimum absolute atomic E-state index is 0.0602. The summed E-state index contributed by atoms with van der Waals surface area (Å²) < 4.78 is 2.38. The molecular formula is C16H22ClN3. The van der Waals surface area contributed by atoms with Gasteiger partial charge in [-0.25, -0.2) is 4.98 Å². The van der Waals surface area contributed by atoms with E-state index in [1.807, 2.05) is 6.92 Å². The van der Waals surface area contributed by atoms with E-state index in [9.17, 15) is 0 Å². The third-order valence-corrected chi connectivity index (χ3v) is 4.39. The fraction of sp³-hybridized carbons (Fsp3) is 0.562. The zero-order valence-corrected chi connectivity index (χ0v) is 13.2. The number of aryl methyl sites for hydroxylation is 1. The average Bonchev–Trinajstić information content (AvgIpc) is 2.77. The first-order valence-electron chi connectivity index (χ1n) is 7.37. The van der Waals surface area contributed by atoms with Crippen molar-refractivity contribution in [2.24, 2.45) is 0 Å². The summed E-state index contributed by atoms with van der Waals surface area (Å²) in [6, 6.07) is 6.95. The second-order valence-corrected chi connectivity index (χ2v) is 6.66. The zero-order valence-electron chi connectivity index (χ0n) is 12.4. The molecule has 20 heavy (non-hydrogen) atoms. The van der Waals surface area contributed by atoms with E-state index in [0.29, 0.717) is 6.04 Å². The number of benzene rings is 1. The Balaban J connectivity index is 2.14. The van der Waals surface area contributed by atoms with Gasteiger partial charge < -0.3 is 9.47 Å². The molecule has 1 aliphatic rings. The van der Waals surface area contributed by atoms with Crippen molar-refractivity contribution in [2.75, 3.05) is 20.1 Å². The maximum Gasteiger partial charge on any atom is 0.128 e. The second kappa shape index (κ2) is 5.38. The predicted octanol–water partition coefficient (Wildman–Crippen LogP) is 3.91. The van der Waals surface area contributed by atoms with E-state index in [1.54, 1.807) is 0 Å². The maximum atomic E-state index is 6.38. The highest BCUT2D eigenvalue weighted by atomic mass is 35.5. The maximum absolute atomic E-state index is 6.38. The summed E-state index contributed by atoms with van der Waals surface area (Å²) >= 11 is 6.38. The molecule has 2 atom stereocenters. The van der Waals surface area contributed by atoms with Crippen LogP contribution in [0, 0.1) is 6.92 Å². The molecule has 0 bridgehead atoms. The van der Waals surface area contributed by atoms with Gasteiger partial charge in [-0.15, -0.1) is 11.6 Å². The Hall–Kier alpha value is -1.06. The Morgan fingerprint density at radius 2 is 2.20 bits per heavy atom. The Kier molecular flexibility index (Phi) is 3.74. The molecule has 0 radical (unpaired) electrons. The molecule has 1 aromatic heterocycles. The van der Waals surface area contributed by atoms with Crippen LogP contribution in [0.15, 0.2) is 18.2 Å². The molecule has 1 aromatic carbocycles. The molecule has 2 heterocycles. The van der Waals surface area contributed by atoms with E-state index in [4.69, 9.17) is 16.6 Å². The molecule has 0 amide bonds. The number of hydrogen-bond acceptors (Lipinski definition) is 2. The molecule has 1 aliphatic heterocycles. The number of likely N-dealkylation sites (tertiary alicyclic amines) is 1. The minimum Gasteiger partial charge on any atom is -0.322 e. The van der Waals surface area contributed by atoms with Crippen LogP contribution in [0.2, 0.25) is 0 Å². The van der Waals surface area contributed by atoms with Gasteiger partial charge in [0.1, 0.15) is 5.82 Å². The van der Waals surface area contributed by atoms with Crippen LogP contribution in [0.1, 0.15) is 42.6 Å². The highest BCUT2D eigenvalue weighted by Crippen LogP contribution is 2.32. The average molecular weight is 292 g/mol. The predicted molar refractivity (Wildman–Crippen MR) is 84.5 cm³/mol. The van der Waals surface area contributed by atoms with Gasteiger partial charge in [0.2, 0.25) is 0 Å². The first kappa shape index (κ1) is 13.9. The van der Waals surface area contributed by atoms with Crippen molar-refractivity contribution in [2.45, 2.75) is 38.1 Å². The van der Waals surface area contributed by atoms with Crippen molar-refractivity contribution in [3.05, 3.63) is 29.6 Å². The molecule has 2 unspecified atom stereocenters. The van der Waals surface area contributed by atoms with Gasteiger partial charge in [-0.1, -0.05) is 6.07 Å². The lowest BCUT2D eigenvalue weighted by Gasteiger charge is -2.32. The first-order chi connectivity index (χ1) is 9.56. The van der Waals surface area contributed by atoms with Crippen molar-refractivity contribution in [1.29, 1.82) is 0 Å². The van der Waals surface area contributed by atoms with Gasteiger partial charge in [-0.2, -0.15) is 0 Å². The largest absolute Gasteiger partial charge is 0.322 e. The number of piperidine rings is 1. The van der Waals surface area contributed by atoms with Gasteiger partial charge in [0.05, 0.1) is 16.4 Å². The van der Waals surface area contributed by atoms with Gasteiger partial charge in [0.15, 0.2) is 0 Å². The standard InChI is InChI=1S/C16H22ClN3/c1-11-6-7-14-15(9-11)20(16(18-14)12(2)17)13-5-4-8-19(3)10-13/h6-7,9,12-13H,4-5,8,10H2,1-3H3. The van der Waals surface area contributed by atoms with Crippen LogP contribution in [-0.4, -0.2) is 34.6 Å². The highest BCUT2D eigenvalue weighted by Gasteiger charge is 2.25. The topological polar surface area (TPSA) is 21.1 Å². The van der Waals surface area contributed by atoms with E-state index in [0.717, 1.165) is 17.9 Å². The quantitative estimate of drug-likeness (QED) is 0.782.